The van der Waals surface area contributed by atoms with Crippen molar-refractivity contribution in [1.82, 2.24) is 0 Å². The molecule has 0 radical (unpaired) electrons. The Balaban J connectivity index is 3.94. The van der Waals surface area contributed by atoms with Gasteiger partial charge in [-0.2, -0.15) is 5.90 Å². The molecular formula is C6H11NO3. The third-order valence-corrected chi connectivity index (χ3v) is 1.30. The van der Waals surface area contributed by atoms with E-state index < -0.39 is 11.9 Å². The van der Waals surface area contributed by atoms with Gasteiger partial charge < -0.3 is 4.84 Å². The summed E-state index contributed by atoms with van der Waals surface area (Å²) in [6.07, 6.45) is 0.330. The molecular weight excluding hydrogens is 134 g/mol. The molecule has 1 unspecified atom stereocenters. The maximum Gasteiger partial charge on any atom is 0.334 e. The van der Waals surface area contributed by atoms with Crippen LogP contribution in [0.5, 0.6) is 0 Å². The summed E-state index contributed by atoms with van der Waals surface area (Å²) in [6, 6.07) is 0. The van der Waals surface area contributed by atoms with E-state index >= 15 is 0 Å². The summed E-state index contributed by atoms with van der Waals surface area (Å²) in [6.45, 7) is 3.16. The molecule has 0 saturated carbocycles. The first-order valence-corrected chi connectivity index (χ1v) is 3.06. The highest BCUT2D eigenvalue weighted by atomic mass is 16.7. The summed E-state index contributed by atoms with van der Waals surface area (Å²) < 4.78 is 0. The van der Waals surface area contributed by atoms with Crippen LogP contribution < -0.4 is 5.90 Å². The van der Waals surface area contributed by atoms with Crippen molar-refractivity contribution in [1.29, 1.82) is 0 Å². The zero-order chi connectivity index (χ0) is 8.15. The molecule has 4 heteroatoms. The van der Waals surface area contributed by atoms with Crippen LogP contribution in [0, 0.1) is 5.92 Å². The Hall–Kier alpha value is -0.900. The lowest BCUT2D eigenvalue weighted by molar-refractivity contribution is -0.151. The van der Waals surface area contributed by atoms with E-state index in [9.17, 15) is 9.59 Å². The van der Waals surface area contributed by atoms with Gasteiger partial charge in [0.1, 0.15) is 11.7 Å². The lowest BCUT2D eigenvalue weighted by atomic mass is 10.1. The first kappa shape index (κ1) is 9.10. The fourth-order valence-electron chi connectivity index (χ4n) is 0.540. The van der Waals surface area contributed by atoms with Crippen molar-refractivity contribution >= 4 is 11.8 Å². The fraction of sp³-hybridized carbons (Fsp3) is 0.667. The second-order valence-corrected chi connectivity index (χ2v) is 1.98. The van der Waals surface area contributed by atoms with Crippen molar-refractivity contribution in [2.45, 2.75) is 20.3 Å². The van der Waals surface area contributed by atoms with Crippen molar-refractivity contribution < 1.29 is 14.4 Å². The molecule has 4 nitrogen and oxygen atoms in total. The van der Waals surface area contributed by atoms with Gasteiger partial charge in [-0.1, -0.05) is 6.92 Å². The van der Waals surface area contributed by atoms with Crippen LogP contribution >= 0.6 is 0 Å². The Morgan fingerprint density at radius 2 is 2.10 bits per heavy atom. The Morgan fingerprint density at radius 3 is 2.40 bits per heavy atom. The molecule has 0 rings (SSSR count). The van der Waals surface area contributed by atoms with Crippen LogP contribution in [-0.2, 0) is 14.4 Å². The van der Waals surface area contributed by atoms with E-state index in [1.807, 2.05) is 0 Å². The minimum Gasteiger partial charge on any atom is -0.373 e. The molecule has 0 aromatic heterocycles. The molecule has 0 aromatic carbocycles. The number of hydrogen-bond acceptors (Lipinski definition) is 4. The minimum atomic E-state index is -0.727. The van der Waals surface area contributed by atoms with Crippen molar-refractivity contribution in [3.8, 4) is 0 Å². The normalized spacial score (nSPS) is 12.3. The highest BCUT2D eigenvalue weighted by Crippen LogP contribution is 2.00. The Bertz CT molecular complexity index is 128. The predicted molar refractivity (Wildman–Crippen MR) is 34.7 cm³/mol. The lowest BCUT2D eigenvalue weighted by Gasteiger charge is -2.03. The van der Waals surface area contributed by atoms with Crippen LogP contribution in [0.1, 0.15) is 20.3 Å². The SMILES string of the molecule is CCC(=O)C(C)C(=O)ON. The van der Waals surface area contributed by atoms with Crippen LogP contribution in [-0.4, -0.2) is 11.8 Å². The van der Waals surface area contributed by atoms with E-state index in [-0.39, 0.29) is 5.78 Å². The number of Topliss-reactive ketones (excluding diaryl/α,β-unsaturated/α-hetero) is 1. The largest absolute Gasteiger partial charge is 0.373 e. The van der Waals surface area contributed by atoms with Crippen LogP contribution in [0.2, 0.25) is 0 Å². The zero-order valence-electron chi connectivity index (χ0n) is 6.09. The van der Waals surface area contributed by atoms with Gasteiger partial charge >= 0.3 is 5.97 Å². The fourth-order valence-corrected chi connectivity index (χ4v) is 0.540. The molecule has 58 valence electrons. The van der Waals surface area contributed by atoms with Gasteiger partial charge in [0.15, 0.2) is 0 Å². The molecule has 0 amide bonds. The first-order chi connectivity index (χ1) is 4.63. The monoisotopic (exact) mass is 145 g/mol. The number of carbonyl (C=O) groups excluding carboxylic acids is 2. The summed E-state index contributed by atoms with van der Waals surface area (Å²) in [7, 11) is 0. The number of carbonyl (C=O) groups is 2. The molecule has 0 spiro atoms. The number of nitrogens with two attached hydrogens (primary N) is 1. The third-order valence-electron chi connectivity index (χ3n) is 1.30. The van der Waals surface area contributed by atoms with Crippen molar-refractivity contribution in [3.63, 3.8) is 0 Å². The molecule has 0 heterocycles. The van der Waals surface area contributed by atoms with Crippen LogP contribution in [0.15, 0.2) is 0 Å². The summed E-state index contributed by atoms with van der Waals surface area (Å²) >= 11 is 0. The van der Waals surface area contributed by atoms with Crippen LogP contribution in [0.25, 0.3) is 0 Å². The van der Waals surface area contributed by atoms with Gasteiger partial charge in [0.2, 0.25) is 0 Å². The van der Waals surface area contributed by atoms with E-state index in [1.54, 1.807) is 6.92 Å². The van der Waals surface area contributed by atoms with E-state index in [2.05, 4.69) is 10.7 Å². The molecule has 2 N–H and O–H groups in total. The van der Waals surface area contributed by atoms with Gasteiger partial charge in [0, 0.05) is 6.42 Å². The molecule has 0 saturated heterocycles. The van der Waals surface area contributed by atoms with E-state index in [1.165, 1.54) is 6.92 Å². The highest BCUT2D eigenvalue weighted by Gasteiger charge is 2.20. The molecule has 0 fully saturated rings. The Labute approximate surface area is 59.3 Å². The summed E-state index contributed by atoms with van der Waals surface area (Å²) in [5.41, 5.74) is 0. The van der Waals surface area contributed by atoms with Crippen molar-refractivity contribution in [2.24, 2.45) is 11.8 Å². The van der Waals surface area contributed by atoms with Gasteiger partial charge in [-0.25, -0.2) is 4.79 Å². The Kier molecular flexibility index (Phi) is 3.64. The lowest BCUT2D eigenvalue weighted by Crippen LogP contribution is -2.24. The average Bonchev–Trinajstić information content (AvgIpc) is 2.00. The average molecular weight is 145 g/mol. The topological polar surface area (TPSA) is 69.4 Å². The number of rotatable bonds is 3. The minimum absolute atomic E-state index is 0.157. The standard InChI is InChI=1S/C6H11NO3/c1-3-5(8)4(2)6(9)10-7/h4H,3,7H2,1-2H3. The van der Waals surface area contributed by atoms with Crippen molar-refractivity contribution in [2.75, 3.05) is 0 Å². The Morgan fingerprint density at radius 1 is 1.60 bits per heavy atom. The smallest absolute Gasteiger partial charge is 0.334 e. The maximum atomic E-state index is 10.8. The maximum absolute atomic E-state index is 10.8. The molecule has 0 aliphatic carbocycles. The van der Waals surface area contributed by atoms with E-state index in [4.69, 9.17) is 0 Å². The molecule has 0 bridgehead atoms. The second kappa shape index (κ2) is 4.00. The number of hydrogen-bond donors (Lipinski definition) is 1. The summed E-state index contributed by atoms with van der Waals surface area (Å²) in [5.74, 6) is 3.01. The summed E-state index contributed by atoms with van der Waals surface area (Å²) in [5, 5.41) is 0. The summed E-state index contributed by atoms with van der Waals surface area (Å²) in [4.78, 5) is 25.2. The molecule has 0 aliphatic rings. The molecule has 0 aromatic rings. The van der Waals surface area contributed by atoms with Gasteiger partial charge in [0.05, 0.1) is 0 Å². The van der Waals surface area contributed by atoms with Crippen LogP contribution in [0.3, 0.4) is 0 Å². The van der Waals surface area contributed by atoms with E-state index in [0.29, 0.717) is 6.42 Å². The van der Waals surface area contributed by atoms with E-state index in [0.717, 1.165) is 0 Å². The van der Waals surface area contributed by atoms with Gasteiger partial charge in [0.25, 0.3) is 0 Å². The van der Waals surface area contributed by atoms with Gasteiger partial charge in [-0.05, 0) is 6.92 Å². The quantitative estimate of drug-likeness (QED) is 0.449. The first-order valence-electron chi connectivity index (χ1n) is 3.06. The molecule has 1 atom stereocenters. The van der Waals surface area contributed by atoms with Crippen LogP contribution in [0.4, 0.5) is 0 Å². The molecule has 10 heavy (non-hydrogen) atoms. The second-order valence-electron chi connectivity index (χ2n) is 1.98. The third kappa shape index (κ3) is 2.14. The number of ketones is 1. The molecule has 0 aliphatic heterocycles. The zero-order valence-corrected chi connectivity index (χ0v) is 6.09. The van der Waals surface area contributed by atoms with Gasteiger partial charge in [-0.3, -0.25) is 4.79 Å². The van der Waals surface area contributed by atoms with Crippen molar-refractivity contribution in [3.05, 3.63) is 0 Å². The highest BCUT2D eigenvalue weighted by molar-refractivity contribution is 5.98. The van der Waals surface area contributed by atoms with Gasteiger partial charge in [-0.15, -0.1) is 0 Å². The predicted octanol–water partition coefficient (Wildman–Crippen LogP) is 0.0185.